The molecule has 0 saturated carbocycles. The number of likely N-dealkylation sites (tertiary alicyclic amines) is 1. The maximum absolute atomic E-state index is 14.6. The minimum Gasteiger partial charge on any atom is -0.391 e. The number of nitrogens with zero attached hydrogens (tertiary/aromatic N) is 6. The Balaban J connectivity index is 0.690. The van der Waals surface area contributed by atoms with Gasteiger partial charge in [0.15, 0.2) is 0 Å². The van der Waals surface area contributed by atoms with E-state index in [2.05, 4.69) is 61.6 Å². The van der Waals surface area contributed by atoms with Crippen LogP contribution in [0.5, 0.6) is 0 Å². The number of benzene rings is 5. The number of carbonyl (C=O) groups is 5. The van der Waals surface area contributed by atoms with Crippen molar-refractivity contribution in [1.82, 2.24) is 39.9 Å². The first kappa shape index (κ1) is 80.1. The summed E-state index contributed by atoms with van der Waals surface area (Å²) in [7, 11) is -11.1. The first-order valence-electron chi connectivity index (χ1n) is 35.4. The highest BCUT2D eigenvalue weighted by Crippen LogP contribution is 2.44. The zero-order valence-corrected chi connectivity index (χ0v) is 64.2. The van der Waals surface area contributed by atoms with Gasteiger partial charge >= 0.3 is 5.51 Å². The summed E-state index contributed by atoms with van der Waals surface area (Å²) in [6.07, 6.45) is 2.31. The third kappa shape index (κ3) is 21.1. The highest BCUT2D eigenvalue weighted by atomic mass is 35.5. The Labute approximate surface area is 627 Å². The number of piperazine rings is 2. The first-order chi connectivity index (χ1) is 49.7. The molecule has 1 aromatic heterocycles. The zero-order chi connectivity index (χ0) is 75.6. The third-order valence-electron chi connectivity index (χ3n) is 19.8. The van der Waals surface area contributed by atoms with Crippen LogP contribution < -0.4 is 25.6 Å². The van der Waals surface area contributed by atoms with E-state index < -0.39 is 100 Å². The van der Waals surface area contributed by atoms with E-state index >= 15 is 0 Å². The van der Waals surface area contributed by atoms with Crippen LogP contribution in [0.2, 0.25) is 5.02 Å². The molecular weight excluding hydrogens is 1450 g/mol. The van der Waals surface area contributed by atoms with Gasteiger partial charge in [-0.15, -0.1) is 23.1 Å². The maximum Gasteiger partial charge on any atom is 0.501 e. The number of halogens is 4. The van der Waals surface area contributed by atoms with Gasteiger partial charge in [-0.25, -0.2) is 26.5 Å². The second-order valence-electron chi connectivity index (χ2n) is 29.3. The molecule has 0 bridgehead atoms. The standard InChI is InChI=1S/C76H94ClF3N10O11S4/c1-50(52-13-15-54(16-14-52)69-51(2)81-49-103-69)82-72(95)65-43-60(91)47-90(65)73(96)70(74(3,4)5)84-67(92)29-41-101-42-30-68(93)89-39-33-86(34-40-89)32-28-58(48-102-61-11-9-8-10-12-61)83-64-26-25-62(44-66(64)104(97,98)76(78,79)80)105(99,100)85-71(94)55-19-23-59(24-20-55)88-37-35-87(36-38-88)46-56-45-75(6,7)31-27-63(56)53-17-21-57(77)22-18-53/h8-26,44,49-50,58,60,65,70,83,91H,27-43,45-48H2,1-7H3,(H,82,95)(H,84,92)(H,85,94). The number of nitrogens with one attached hydrogen (secondary N) is 4. The third-order valence-corrected chi connectivity index (χ3v) is 25.1. The lowest BCUT2D eigenvalue weighted by molar-refractivity contribution is -0.144. The summed E-state index contributed by atoms with van der Waals surface area (Å²) >= 11 is 9.15. The molecule has 5 aromatic carbocycles. The number of allylic oxidation sites excluding steroid dienone is 1. The van der Waals surface area contributed by atoms with Gasteiger partial charge in [0.05, 0.1) is 58.4 Å². The fraction of sp³-hybridized carbons (Fsp3) is 0.474. The van der Waals surface area contributed by atoms with Crippen molar-refractivity contribution in [3.63, 3.8) is 0 Å². The van der Waals surface area contributed by atoms with Gasteiger partial charge in [0.25, 0.3) is 25.8 Å². The van der Waals surface area contributed by atoms with Crippen molar-refractivity contribution in [3.8, 4) is 10.4 Å². The quantitative estimate of drug-likeness (QED) is 0.0226. The Hall–Kier alpha value is -7.41. The Morgan fingerprint density at radius 2 is 1.47 bits per heavy atom. The number of rotatable bonds is 28. The number of amides is 5. The molecule has 4 aliphatic rings. The molecule has 3 aliphatic heterocycles. The number of β-amino-alcohol motifs (C(OH)–C–C–N with tert-alkyl or cyclic N) is 1. The Kier molecular flexibility index (Phi) is 26.4. The van der Waals surface area contributed by atoms with Gasteiger partial charge in [-0.1, -0.05) is 106 Å². The minimum absolute atomic E-state index is 0.00560. The van der Waals surface area contributed by atoms with E-state index in [0.29, 0.717) is 56.9 Å². The van der Waals surface area contributed by atoms with E-state index in [4.69, 9.17) is 16.3 Å². The van der Waals surface area contributed by atoms with Crippen molar-refractivity contribution in [2.45, 2.75) is 144 Å². The molecule has 1 aliphatic carbocycles. The Morgan fingerprint density at radius 1 is 0.810 bits per heavy atom. The predicted octanol–water partition coefficient (Wildman–Crippen LogP) is 11.2. The van der Waals surface area contributed by atoms with Gasteiger partial charge in [0, 0.05) is 118 Å². The summed E-state index contributed by atoms with van der Waals surface area (Å²) in [6.45, 7) is 19.4. The topological polar surface area (TPSA) is 260 Å². The number of anilines is 2. The molecule has 6 aromatic rings. The van der Waals surface area contributed by atoms with E-state index in [1.165, 1.54) is 45.5 Å². The molecule has 4 heterocycles. The van der Waals surface area contributed by atoms with Crippen LogP contribution in [0.25, 0.3) is 16.0 Å². The summed E-state index contributed by atoms with van der Waals surface area (Å²) in [5.41, 5.74) is 2.40. The average molecular weight is 1540 g/mol. The van der Waals surface area contributed by atoms with Crippen molar-refractivity contribution in [3.05, 3.63) is 160 Å². The number of aliphatic hydroxyl groups excluding tert-OH is 1. The van der Waals surface area contributed by atoms with E-state index in [1.807, 2.05) is 85.3 Å². The Morgan fingerprint density at radius 3 is 2.11 bits per heavy atom. The monoisotopic (exact) mass is 1540 g/mol. The lowest BCUT2D eigenvalue weighted by atomic mass is 9.73. The highest BCUT2D eigenvalue weighted by molar-refractivity contribution is 7.99. The molecule has 5 N–H and O–H groups in total. The van der Waals surface area contributed by atoms with Crippen LogP contribution in [0.1, 0.15) is 120 Å². The summed E-state index contributed by atoms with van der Waals surface area (Å²) in [6, 6.07) is 30.5. The number of hydrogen-bond acceptors (Lipinski definition) is 18. The zero-order valence-electron chi connectivity index (χ0n) is 60.2. The number of alkyl halides is 3. The van der Waals surface area contributed by atoms with Gasteiger partial charge in [-0.2, -0.15) is 13.2 Å². The number of ether oxygens (including phenoxy) is 1. The van der Waals surface area contributed by atoms with Crippen molar-refractivity contribution in [1.29, 1.82) is 0 Å². The van der Waals surface area contributed by atoms with Crippen LogP contribution >= 0.6 is 34.7 Å². The van der Waals surface area contributed by atoms with Gasteiger partial charge < -0.3 is 40.5 Å². The second kappa shape index (κ2) is 34.7. The van der Waals surface area contributed by atoms with Crippen LogP contribution in [-0.4, -0.2) is 197 Å². The van der Waals surface area contributed by atoms with E-state index in [1.54, 1.807) is 54.7 Å². The maximum atomic E-state index is 14.6. The van der Waals surface area contributed by atoms with Crippen LogP contribution in [0.4, 0.5) is 24.5 Å². The molecule has 10 rings (SSSR count). The van der Waals surface area contributed by atoms with Crippen molar-refractivity contribution in [2.24, 2.45) is 10.8 Å². The summed E-state index contributed by atoms with van der Waals surface area (Å²) < 4.78 is 106. The van der Waals surface area contributed by atoms with E-state index in [0.717, 1.165) is 83.3 Å². The molecule has 5 unspecified atom stereocenters. The van der Waals surface area contributed by atoms with Crippen LogP contribution in [0.3, 0.4) is 0 Å². The van der Waals surface area contributed by atoms with Gasteiger partial charge in [-0.05, 0) is 139 Å². The molecule has 5 amide bonds. The van der Waals surface area contributed by atoms with Gasteiger partial charge in [-0.3, -0.25) is 33.8 Å². The van der Waals surface area contributed by atoms with Gasteiger partial charge in [0.2, 0.25) is 23.6 Å². The number of aryl methyl sites for hydroxylation is 1. The largest absolute Gasteiger partial charge is 0.501 e. The summed E-state index contributed by atoms with van der Waals surface area (Å²) in [5.74, 6) is -2.43. The highest BCUT2D eigenvalue weighted by Gasteiger charge is 2.49. The summed E-state index contributed by atoms with van der Waals surface area (Å²) in [4.78, 5) is 82.2. The fourth-order valence-corrected chi connectivity index (χ4v) is 17.7. The molecule has 5 atom stereocenters. The van der Waals surface area contributed by atoms with Crippen LogP contribution in [0.15, 0.2) is 147 Å². The molecular formula is C76H94ClF3N10O11S4. The lowest BCUT2D eigenvalue weighted by Crippen LogP contribution is -2.58. The Bertz CT molecular complexity index is 4300. The molecule has 21 nitrogen and oxygen atoms in total. The number of aliphatic hydroxyl groups is 1. The van der Waals surface area contributed by atoms with Crippen molar-refractivity contribution >= 4 is 101 Å². The number of thiazole rings is 1. The number of aromatic nitrogens is 1. The first-order valence-corrected chi connectivity index (χ1v) is 40.6. The number of sulfonamides is 1. The molecule has 29 heteroatoms. The molecule has 105 heavy (non-hydrogen) atoms. The van der Waals surface area contributed by atoms with Crippen LogP contribution in [-0.2, 0) is 43.8 Å². The molecule has 566 valence electrons. The van der Waals surface area contributed by atoms with E-state index in [-0.39, 0.29) is 68.1 Å². The van der Waals surface area contributed by atoms with Crippen molar-refractivity contribution < 1.29 is 63.8 Å². The molecule has 3 fully saturated rings. The number of thioether (sulfide) groups is 1. The van der Waals surface area contributed by atoms with Gasteiger partial charge in [0.1, 0.15) is 17.0 Å². The normalized spacial score (nSPS) is 18.7. The number of hydrogen-bond donors (Lipinski definition) is 5. The van der Waals surface area contributed by atoms with E-state index in [9.17, 15) is 59.1 Å². The summed E-state index contributed by atoms with van der Waals surface area (Å²) in [5, 5.41) is 20.3. The predicted molar refractivity (Wildman–Crippen MR) is 404 cm³/mol. The fourth-order valence-electron chi connectivity index (χ4n) is 13.7. The number of sulfone groups is 1. The van der Waals surface area contributed by atoms with Crippen molar-refractivity contribution in [2.75, 3.05) is 101 Å². The average Bonchev–Trinajstić information content (AvgIpc) is 0.849. The smallest absolute Gasteiger partial charge is 0.391 e. The molecule has 3 saturated heterocycles. The molecule has 0 radical (unpaired) electrons. The second-order valence-corrected chi connectivity index (χ2v) is 35.2. The molecule has 0 spiro atoms. The minimum atomic E-state index is -6.19. The van der Waals surface area contributed by atoms with Crippen LogP contribution in [0, 0.1) is 17.8 Å². The lowest BCUT2D eigenvalue weighted by Gasteiger charge is -2.39. The number of carbonyl (C=O) groups excluding carboxylic acids is 5. The SMILES string of the molecule is Cc1ncsc1-c1ccc(C(C)NC(=O)C2CC(O)CN2C(=O)C(NC(=O)CCOCCC(=O)N2CCN(CCC(CSc3ccccc3)Nc3ccc(S(=O)(=O)NC(=O)c4ccc(N5CCN(CC6=C(c7ccc(Cl)cc7)CCC(C)(C)C6)CC5)cc4)cc3S(=O)(=O)C(F)(F)F)CC2)C(C)(C)C)cc1.